The highest BCUT2D eigenvalue weighted by Crippen LogP contribution is 2.26. The summed E-state index contributed by atoms with van der Waals surface area (Å²) in [5.74, 6) is 0.260. The molecule has 1 amide bonds. The highest BCUT2D eigenvalue weighted by molar-refractivity contribution is 6.31. The lowest BCUT2D eigenvalue weighted by Crippen LogP contribution is -2.26. The zero-order valence-corrected chi connectivity index (χ0v) is 14.0. The fraction of sp³-hybridized carbons (Fsp3) is 0.278. The summed E-state index contributed by atoms with van der Waals surface area (Å²) in [6, 6.07) is 11.1. The summed E-state index contributed by atoms with van der Waals surface area (Å²) in [5.41, 5.74) is 3.87. The number of benzene rings is 2. The predicted molar refractivity (Wildman–Crippen MR) is 92.4 cm³/mol. The molecule has 4 nitrogen and oxygen atoms in total. The smallest absolute Gasteiger partial charge is 0.259 e. The third kappa shape index (κ3) is 3.49. The van der Waals surface area contributed by atoms with Gasteiger partial charge in [0.1, 0.15) is 5.75 Å². The van der Waals surface area contributed by atoms with Crippen LogP contribution in [0.15, 0.2) is 36.4 Å². The maximum atomic E-state index is 12.5. The largest absolute Gasteiger partial charge is 0.496 e. The van der Waals surface area contributed by atoms with Crippen LogP contribution in [0.4, 0.5) is 5.69 Å². The van der Waals surface area contributed by atoms with Crippen LogP contribution in [0.25, 0.3) is 0 Å². The van der Waals surface area contributed by atoms with E-state index in [9.17, 15) is 4.79 Å². The summed E-state index contributed by atoms with van der Waals surface area (Å²) >= 11 is 5.94. The van der Waals surface area contributed by atoms with Crippen LogP contribution in [0.2, 0.25) is 5.02 Å². The van der Waals surface area contributed by atoms with E-state index in [1.807, 2.05) is 12.1 Å². The fourth-order valence-corrected chi connectivity index (χ4v) is 2.99. The molecule has 0 fully saturated rings. The van der Waals surface area contributed by atoms with Crippen molar-refractivity contribution >= 4 is 23.2 Å². The summed E-state index contributed by atoms with van der Waals surface area (Å²) in [6.45, 7) is 1.98. The quantitative estimate of drug-likeness (QED) is 0.935. The third-order valence-corrected chi connectivity index (χ3v) is 4.31. The van der Waals surface area contributed by atoms with E-state index < -0.39 is 0 Å². The molecule has 0 bridgehead atoms. The van der Waals surface area contributed by atoms with E-state index in [4.69, 9.17) is 16.3 Å². The number of ether oxygens (including phenoxy) is 1. The van der Waals surface area contributed by atoms with Crippen molar-refractivity contribution in [3.05, 3.63) is 58.1 Å². The molecule has 0 spiro atoms. The third-order valence-electron chi connectivity index (χ3n) is 4.08. The molecule has 1 N–H and O–H groups in total. The van der Waals surface area contributed by atoms with Gasteiger partial charge in [-0.3, -0.25) is 4.79 Å². The number of halogens is 1. The first-order valence-corrected chi connectivity index (χ1v) is 7.90. The average molecular weight is 331 g/mol. The minimum absolute atomic E-state index is 0.206. The second kappa shape index (κ2) is 6.60. The van der Waals surface area contributed by atoms with Crippen molar-refractivity contribution in [1.29, 1.82) is 0 Å². The monoisotopic (exact) mass is 330 g/mol. The van der Waals surface area contributed by atoms with Crippen molar-refractivity contribution in [2.45, 2.75) is 13.0 Å². The van der Waals surface area contributed by atoms with Crippen molar-refractivity contribution in [2.24, 2.45) is 0 Å². The standard InChI is InChI=1S/C18H19ClN2O2/c1-21-8-7-12-3-5-15(9-13(12)11-21)20-18(22)16-6-4-14(19)10-17(16)23-2/h3-6,9-10H,7-8,11H2,1-2H3,(H,20,22). The topological polar surface area (TPSA) is 41.6 Å². The molecule has 0 radical (unpaired) electrons. The van der Waals surface area contributed by atoms with E-state index in [0.29, 0.717) is 16.3 Å². The van der Waals surface area contributed by atoms with Gasteiger partial charge in [-0.15, -0.1) is 0 Å². The number of likely N-dealkylation sites (N-methyl/N-ethyl adjacent to an activating group) is 1. The maximum Gasteiger partial charge on any atom is 0.259 e. The SMILES string of the molecule is COc1cc(Cl)ccc1C(=O)Nc1ccc2c(c1)CN(C)CC2. The molecule has 1 aliphatic heterocycles. The van der Waals surface area contributed by atoms with Gasteiger partial charge in [-0.25, -0.2) is 0 Å². The number of amides is 1. The molecule has 2 aromatic carbocycles. The van der Waals surface area contributed by atoms with Crippen LogP contribution in [-0.4, -0.2) is 31.5 Å². The van der Waals surface area contributed by atoms with Crippen LogP contribution < -0.4 is 10.1 Å². The van der Waals surface area contributed by atoms with Gasteiger partial charge in [-0.2, -0.15) is 0 Å². The Morgan fingerprint density at radius 2 is 2.04 bits per heavy atom. The zero-order valence-electron chi connectivity index (χ0n) is 13.2. The van der Waals surface area contributed by atoms with Crippen molar-refractivity contribution in [3.63, 3.8) is 0 Å². The first kappa shape index (κ1) is 15.8. The Morgan fingerprint density at radius 3 is 2.83 bits per heavy atom. The van der Waals surface area contributed by atoms with Gasteiger partial charge >= 0.3 is 0 Å². The van der Waals surface area contributed by atoms with Crippen LogP contribution in [0.3, 0.4) is 0 Å². The molecule has 1 aliphatic rings. The summed E-state index contributed by atoms with van der Waals surface area (Å²) in [5, 5.41) is 3.47. The lowest BCUT2D eigenvalue weighted by Gasteiger charge is -2.25. The average Bonchev–Trinajstić information content (AvgIpc) is 2.54. The number of carbonyl (C=O) groups excluding carboxylic acids is 1. The molecule has 0 aliphatic carbocycles. The van der Waals surface area contributed by atoms with Crippen molar-refractivity contribution in [2.75, 3.05) is 26.0 Å². The number of hydrogen-bond donors (Lipinski definition) is 1. The van der Waals surface area contributed by atoms with Crippen LogP contribution >= 0.6 is 11.6 Å². The normalized spacial score (nSPS) is 14.2. The highest BCUT2D eigenvalue weighted by Gasteiger charge is 2.16. The molecule has 120 valence electrons. The van der Waals surface area contributed by atoms with Gasteiger partial charge in [0.15, 0.2) is 0 Å². The molecule has 0 saturated carbocycles. The highest BCUT2D eigenvalue weighted by atomic mass is 35.5. The van der Waals surface area contributed by atoms with Gasteiger partial charge in [0.25, 0.3) is 5.91 Å². The van der Waals surface area contributed by atoms with E-state index in [2.05, 4.69) is 23.3 Å². The van der Waals surface area contributed by atoms with E-state index >= 15 is 0 Å². The molecule has 23 heavy (non-hydrogen) atoms. The Kier molecular flexibility index (Phi) is 4.55. The summed E-state index contributed by atoms with van der Waals surface area (Å²) in [6.07, 6.45) is 1.05. The summed E-state index contributed by atoms with van der Waals surface area (Å²) in [4.78, 5) is 14.8. The van der Waals surface area contributed by atoms with Gasteiger partial charge in [-0.1, -0.05) is 17.7 Å². The molecule has 2 aromatic rings. The Bertz CT molecular complexity index is 746. The first-order chi connectivity index (χ1) is 11.1. The van der Waals surface area contributed by atoms with Crippen molar-refractivity contribution in [3.8, 4) is 5.75 Å². The van der Waals surface area contributed by atoms with Gasteiger partial charge < -0.3 is 15.0 Å². The van der Waals surface area contributed by atoms with Crippen LogP contribution in [-0.2, 0) is 13.0 Å². The Hall–Kier alpha value is -2.04. The van der Waals surface area contributed by atoms with Crippen molar-refractivity contribution in [1.82, 2.24) is 4.90 Å². The number of nitrogens with zero attached hydrogens (tertiary/aromatic N) is 1. The number of rotatable bonds is 3. The van der Waals surface area contributed by atoms with E-state index in [-0.39, 0.29) is 5.91 Å². The lowest BCUT2D eigenvalue weighted by atomic mass is 9.99. The van der Waals surface area contributed by atoms with Gasteiger partial charge in [0.2, 0.25) is 0 Å². The molecule has 0 atom stereocenters. The molecule has 0 unspecified atom stereocenters. The Balaban J connectivity index is 1.82. The van der Waals surface area contributed by atoms with Crippen molar-refractivity contribution < 1.29 is 9.53 Å². The number of methoxy groups -OCH3 is 1. The maximum absolute atomic E-state index is 12.5. The fourth-order valence-electron chi connectivity index (χ4n) is 2.83. The van der Waals surface area contributed by atoms with Crippen LogP contribution in [0.1, 0.15) is 21.5 Å². The second-order valence-corrected chi connectivity index (χ2v) is 6.21. The molecule has 5 heteroatoms. The van der Waals surface area contributed by atoms with E-state index in [0.717, 1.165) is 25.2 Å². The number of carbonyl (C=O) groups is 1. The number of hydrogen-bond acceptors (Lipinski definition) is 3. The Morgan fingerprint density at radius 1 is 1.22 bits per heavy atom. The number of nitrogens with one attached hydrogen (secondary N) is 1. The predicted octanol–water partition coefficient (Wildman–Crippen LogP) is 3.59. The van der Waals surface area contributed by atoms with E-state index in [1.54, 1.807) is 18.2 Å². The molecule has 3 rings (SSSR count). The van der Waals surface area contributed by atoms with Crippen LogP contribution in [0.5, 0.6) is 5.75 Å². The summed E-state index contributed by atoms with van der Waals surface area (Å²) < 4.78 is 5.24. The molecule has 0 aromatic heterocycles. The van der Waals surface area contributed by atoms with E-state index in [1.165, 1.54) is 18.2 Å². The Labute approximate surface area is 141 Å². The zero-order chi connectivity index (χ0) is 16.4. The number of fused-ring (bicyclic) bond motifs is 1. The second-order valence-electron chi connectivity index (χ2n) is 5.77. The van der Waals surface area contributed by atoms with Gasteiger partial charge in [-0.05, 0) is 54.9 Å². The molecular weight excluding hydrogens is 312 g/mol. The molecular formula is C18H19ClN2O2. The van der Waals surface area contributed by atoms with Gasteiger partial charge in [0.05, 0.1) is 12.7 Å². The lowest BCUT2D eigenvalue weighted by molar-refractivity contribution is 0.102. The number of anilines is 1. The van der Waals surface area contributed by atoms with Gasteiger partial charge in [0, 0.05) is 23.8 Å². The molecule has 0 saturated heterocycles. The minimum Gasteiger partial charge on any atom is -0.496 e. The minimum atomic E-state index is -0.206. The van der Waals surface area contributed by atoms with Crippen LogP contribution in [0, 0.1) is 0 Å². The first-order valence-electron chi connectivity index (χ1n) is 7.52. The summed E-state index contributed by atoms with van der Waals surface area (Å²) in [7, 11) is 3.63. The molecule has 1 heterocycles.